The minimum absolute atomic E-state index is 0.0447. The average Bonchev–Trinajstić information content (AvgIpc) is 3.42. The van der Waals surface area contributed by atoms with Crippen LogP contribution in [0.15, 0.2) is 47.9 Å². The lowest BCUT2D eigenvalue weighted by atomic mass is 10.1. The summed E-state index contributed by atoms with van der Waals surface area (Å²) in [7, 11) is -7.32. The Labute approximate surface area is 265 Å². The number of aryl methyl sites for hydroxylation is 1. The van der Waals surface area contributed by atoms with Crippen molar-refractivity contribution in [3.05, 3.63) is 57.9 Å². The SMILES string of the molecule is CCC(=Cc1sc2cc(OC)c(Cl)cc2[n+]1CCCS(=O)(=O)[O-])C=C1Oc2ccc(NC(C)=O)cc2N1CCCS(=O)(=O)[O-]. The Morgan fingerprint density at radius 3 is 2.48 bits per heavy atom. The maximum Gasteiger partial charge on any atom is 0.263 e. The number of allylic oxidation sites excluding steroid dienone is 2. The normalized spacial score (nSPS) is 14.6. The minimum atomic E-state index is -4.43. The van der Waals surface area contributed by atoms with Crippen molar-refractivity contribution in [1.29, 1.82) is 0 Å². The Morgan fingerprint density at radius 1 is 1.14 bits per heavy atom. The zero-order valence-electron chi connectivity index (χ0n) is 24.2. The molecule has 44 heavy (non-hydrogen) atoms. The zero-order chi connectivity index (χ0) is 32.2. The number of hydrogen-bond donors (Lipinski definition) is 1. The van der Waals surface area contributed by atoms with Crippen LogP contribution in [0.5, 0.6) is 11.5 Å². The summed E-state index contributed by atoms with van der Waals surface area (Å²) >= 11 is 7.83. The number of aromatic nitrogens is 1. The van der Waals surface area contributed by atoms with E-state index >= 15 is 0 Å². The number of thiazole rings is 1. The number of amides is 1. The van der Waals surface area contributed by atoms with Crippen molar-refractivity contribution in [3.63, 3.8) is 0 Å². The number of halogens is 1. The van der Waals surface area contributed by atoms with Crippen LogP contribution >= 0.6 is 22.9 Å². The molecule has 0 saturated carbocycles. The summed E-state index contributed by atoms with van der Waals surface area (Å²) in [6.45, 7) is 3.73. The van der Waals surface area contributed by atoms with E-state index in [2.05, 4.69) is 5.32 Å². The molecular formula is C28H31ClN3O9S3-. The number of carbonyl (C=O) groups excluding carboxylic acids is 1. The summed E-state index contributed by atoms with van der Waals surface area (Å²) < 4.78 is 81.9. The fraction of sp³-hybridized carbons (Fsp3) is 0.357. The first-order valence-electron chi connectivity index (χ1n) is 13.5. The van der Waals surface area contributed by atoms with Crippen molar-refractivity contribution in [2.45, 2.75) is 39.7 Å². The quantitative estimate of drug-likeness (QED) is 0.203. The highest BCUT2D eigenvalue weighted by Gasteiger charge is 2.28. The molecule has 238 valence electrons. The number of benzene rings is 2. The Hall–Kier alpha value is -3.21. The molecule has 2 aromatic carbocycles. The van der Waals surface area contributed by atoms with E-state index in [9.17, 15) is 30.7 Å². The number of nitrogens with one attached hydrogen (secondary N) is 1. The molecule has 1 N–H and O–H groups in total. The van der Waals surface area contributed by atoms with Gasteiger partial charge in [-0.25, -0.2) is 16.8 Å². The van der Waals surface area contributed by atoms with Gasteiger partial charge in [0.2, 0.25) is 17.3 Å². The van der Waals surface area contributed by atoms with Crippen LogP contribution in [0.2, 0.25) is 5.02 Å². The van der Waals surface area contributed by atoms with Crippen LogP contribution in [-0.2, 0) is 31.6 Å². The summed E-state index contributed by atoms with van der Waals surface area (Å²) in [6.07, 6.45) is 4.41. The van der Waals surface area contributed by atoms with Crippen LogP contribution < -0.4 is 24.3 Å². The van der Waals surface area contributed by atoms with Crippen molar-refractivity contribution >= 4 is 76.7 Å². The van der Waals surface area contributed by atoms with Crippen LogP contribution in [0.25, 0.3) is 16.3 Å². The van der Waals surface area contributed by atoms with Gasteiger partial charge < -0.3 is 28.8 Å². The van der Waals surface area contributed by atoms with E-state index in [1.54, 1.807) is 41.3 Å². The maximum absolute atomic E-state index is 11.6. The molecule has 1 aliphatic heterocycles. The van der Waals surface area contributed by atoms with Gasteiger partial charge in [-0.2, -0.15) is 4.57 Å². The fourth-order valence-corrected chi connectivity index (χ4v) is 7.06. The van der Waals surface area contributed by atoms with Gasteiger partial charge in [-0.15, -0.1) is 0 Å². The van der Waals surface area contributed by atoms with E-state index in [1.807, 2.05) is 17.6 Å². The van der Waals surface area contributed by atoms with Gasteiger partial charge in [0.15, 0.2) is 12.3 Å². The highest BCUT2D eigenvalue weighted by atomic mass is 35.5. The van der Waals surface area contributed by atoms with Gasteiger partial charge in [-0.05, 0) is 36.6 Å². The number of methoxy groups -OCH3 is 1. The lowest BCUT2D eigenvalue weighted by Gasteiger charge is -2.19. The summed E-state index contributed by atoms with van der Waals surface area (Å²) in [6, 6.07) is 8.60. The molecule has 0 unspecified atom stereocenters. The predicted octanol–water partition coefficient (Wildman–Crippen LogP) is 4.21. The van der Waals surface area contributed by atoms with Crippen molar-refractivity contribution < 1.29 is 44.8 Å². The van der Waals surface area contributed by atoms with E-state index in [1.165, 1.54) is 25.4 Å². The van der Waals surface area contributed by atoms with Crippen LogP contribution in [-0.4, -0.2) is 57.0 Å². The lowest BCUT2D eigenvalue weighted by molar-refractivity contribution is -0.668. The molecule has 1 aromatic heterocycles. The molecular weight excluding hydrogens is 654 g/mol. The molecule has 0 radical (unpaired) electrons. The smallest absolute Gasteiger partial charge is 0.263 e. The first-order valence-corrected chi connectivity index (χ1v) is 17.9. The number of nitrogens with zero attached hydrogens (tertiary/aromatic N) is 2. The molecule has 2 heterocycles. The Bertz CT molecular complexity index is 1850. The average molecular weight is 685 g/mol. The molecule has 0 fully saturated rings. The lowest BCUT2D eigenvalue weighted by Crippen LogP contribution is -2.36. The number of fused-ring (bicyclic) bond motifs is 2. The molecule has 0 aliphatic carbocycles. The molecule has 0 saturated heterocycles. The van der Waals surface area contributed by atoms with Crippen LogP contribution in [0.3, 0.4) is 0 Å². The number of ether oxygens (including phenoxy) is 2. The third kappa shape index (κ3) is 8.70. The molecule has 3 aromatic rings. The molecule has 12 nitrogen and oxygen atoms in total. The highest BCUT2D eigenvalue weighted by Crippen LogP contribution is 2.41. The van der Waals surface area contributed by atoms with Gasteiger partial charge in [-0.3, -0.25) is 4.79 Å². The van der Waals surface area contributed by atoms with E-state index in [0.717, 1.165) is 20.8 Å². The number of carbonyl (C=O) groups is 1. The van der Waals surface area contributed by atoms with Gasteiger partial charge in [0.05, 0.1) is 38.1 Å². The second kappa shape index (κ2) is 13.8. The van der Waals surface area contributed by atoms with Crippen molar-refractivity contribution in [3.8, 4) is 11.5 Å². The Morgan fingerprint density at radius 2 is 1.84 bits per heavy atom. The first kappa shape index (κ1) is 33.7. The summed E-state index contributed by atoms with van der Waals surface area (Å²) in [5.41, 5.74) is 2.67. The second-order valence-electron chi connectivity index (χ2n) is 9.95. The summed E-state index contributed by atoms with van der Waals surface area (Å²) in [5.74, 6) is 0.0311. The van der Waals surface area contributed by atoms with E-state index < -0.39 is 31.7 Å². The van der Waals surface area contributed by atoms with Gasteiger partial charge >= 0.3 is 0 Å². The standard InChI is InChI=1S/C28H32ClN3O9S3/c1-4-19(14-28-32(10-6-12-44(37,38)39)23-16-21(29)25(40-3)17-26(23)42-28)13-27-31(9-5-11-43(34,35)36)22-15-20(30-18(2)33)7-8-24(22)41-27/h7-8,13-17H,4-6,9-12H2,1-3H3,(H2-,30,33,34,35,36,37,38,39)/p-1. The highest BCUT2D eigenvalue weighted by molar-refractivity contribution is 7.85. The summed E-state index contributed by atoms with van der Waals surface area (Å²) in [4.78, 5) is 13.4. The largest absolute Gasteiger partial charge is 0.748 e. The zero-order valence-corrected chi connectivity index (χ0v) is 27.4. The Kier molecular flexibility index (Phi) is 10.6. The molecule has 0 spiro atoms. The van der Waals surface area contributed by atoms with E-state index in [4.69, 9.17) is 21.1 Å². The van der Waals surface area contributed by atoms with Crippen molar-refractivity contribution in [2.75, 3.05) is 35.4 Å². The molecule has 0 bridgehead atoms. The molecule has 4 rings (SSSR count). The number of rotatable bonds is 13. The van der Waals surface area contributed by atoms with E-state index in [-0.39, 0.29) is 31.8 Å². The Balaban J connectivity index is 1.76. The third-order valence-corrected chi connectivity index (χ3v) is 9.60. The van der Waals surface area contributed by atoms with Gasteiger partial charge in [0.1, 0.15) is 10.4 Å². The molecule has 0 atom stereocenters. The summed E-state index contributed by atoms with van der Waals surface area (Å²) in [5, 5.41) is 3.85. The molecule has 16 heteroatoms. The number of anilines is 2. The topological polar surface area (TPSA) is 169 Å². The molecule has 1 amide bonds. The van der Waals surface area contributed by atoms with Crippen LogP contribution in [0.4, 0.5) is 11.4 Å². The molecule has 1 aliphatic rings. The van der Waals surface area contributed by atoms with Crippen LogP contribution in [0, 0.1) is 0 Å². The first-order chi connectivity index (χ1) is 20.7. The fourth-order valence-electron chi connectivity index (χ4n) is 4.68. The third-order valence-electron chi connectivity index (χ3n) is 6.63. The van der Waals surface area contributed by atoms with Crippen molar-refractivity contribution in [1.82, 2.24) is 0 Å². The number of hydrogen-bond acceptors (Lipinski definition) is 11. The predicted molar refractivity (Wildman–Crippen MR) is 167 cm³/mol. The maximum atomic E-state index is 11.6. The minimum Gasteiger partial charge on any atom is -0.748 e. The van der Waals surface area contributed by atoms with Crippen molar-refractivity contribution in [2.24, 2.45) is 0 Å². The second-order valence-corrected chi connectivity index (χ2v) is 14.5. The van der Waals surface area contributed by atoms with Crippen LogP contribution in [0.1, 0.15) is 38.1 Å². The van der Waals surface area contributed by atoms with E-state index in [0.29, 0.717) is 40.2 Å². The van der Waals surface area contributed by atoms with Gasteiger partial charge in [0, 0.05) is 61.4 Å². The van der Waals surface area contributed by atoms with Gasteiger partial charge in [-0.1, -0.05) is 29.9 Å². The van der Waals surface area contributed by atoms with Gasteiger partial charge in [0.25, 0.3) is 5.01 Å². The monoisotopic (exact) mass is 684 g/mol.